The summed E-state index contributed by atoms with van der Waals surface area (Å²) in [6.07, 6.45) is 5.79. The van der Waals surface area contributed by atoms with Gasteiger partial charge in [-0.05, 0) is 50.6 Å². The molecule has 1 aliphatic heterocycles. The molecule has 1 aliphatic rings. The first kappa shape index (κ1) is 12.2. The number of aryl methyl sites for hydroxylation is 1. The smallest absolute Gasteiger partial charge is 0.129 e. The van der Waals surface area contributed by atoms with Crippen molar-refractivity contribution >= 4 is 0 Å². The summed E-state index contributed by atoms with van der Waals surface area (Å²) in [5.41, 5.74) is 3.13. The van der Waals surface area contributed by atoms with Gasteiger partial charge in [-0.1, -0.05) is 0 Å². The van der Waals surface area contributed by atoms with Crippen LogP contribution in [-0.2, 0) is 6.42 Å². The summed E-state index contributed by atoms with van der Waals surface area (Å²) >= 11 is 0. The number of pyridine rings is 1. The molecule has 0 spiro atoms. The van der Waals surface area contributed by atoms with Crippen LogP contribution in [0.4, 0.5) is 0 Å². The summed E-state index contributed by atoms with van der Waals surface area (Å²) in [5.74, 6) is 1.63. The Balaban J connectivity index is 1.87. The number of nitrogens with zero attached hydrogens (tertiary/aromatic N) is 3. The predicted octanol–water partition coefficient (Wildman–Crippen LogP) is 2.00. The molecule has 3 heterocycles. The van der Waals surface area contributed by atoms with E-state index >= 15 is 0 Å². The molecule has 1 fully saturated rings. The molecule has 0 radical (unpaired) electrons. The fourth-order valence-corrected chi connectivity index (χ4v) is 2.54. The number of aromatic nitrogens is 3. The minimum Gasteiger partial charge on any atom is -0.316 e. The van der Waals surface area contributed by atoms with Crippen molar-refractivity contribution in [1.82, 2.24) is 20.3 Å². The van der Waals surface area contributed by atoms with Crippen LogP contribution in [0.25, 0.3) is 11.3 Å². The fourth-order valence-electron chi connectivity index (χ4n) is 2.54. The lowest BCUT2D eigenvalue weighted by Gasteiger charge is -2.09. The lowest BCUT2D eigenvalue weighted by Crippen LogP contribution is -2.12. The van der Waals surface area contributed by atoms with Gasteiger partial charge in [0, 0.05) is 30.1 Å². The first-order chi connectivity index (χ1) is 9.31. The zero-order valence-corrected chi connectivity index (χ0v) is 11.1. The van der Waals surface area contributed by atoms with Crippen LogP contribution in [0.5, 0.6) is 0 Å². The van der Waals surface area contributed by atoms with Crippen molar-refractivity contribution in [3.05, 3.63) is 42.1 Å². The van der Waals surface area contributed by atoms with E-state index in [9.17, 15) is 0 Å². The van der Waals surface area contributed by atoms with Gasteiger partial charge in [0.25, 0.3) is 0 Å². The third-order valence-electron chi connectivity index (χ3n) is 3.51. The maximum atomic E-state index is 4.70. The number of hydrogen-bond acceptors (Lipinski definition) is 4. The van der Waals surface area contributed by atoms with Crippen molar-refractivity contribution in [2.45, 2.75) is 19.8 Å². The summed E-state index contributed by atoms with van der Waals surface area (Å²) in [7, 11) is 0. The fraction of sp³-hybridized carbons (Fsp3) is 0.400. The molecular weight excluding hydrogens is 236 g/mol. The second-order valence-electron chi connectivity index (χ2n) is 5.11. The average Bonchev–Trinajstić information content (AvgIpc) is 2.92. The lowest BCUT2D eigenvalue weighted by atomic mass is 10.0. The van der Waals surface area contributed by atoms with E-state index in [2.05, 4.69) is 15.3 Å². The summed E-state index contributed by atoms with van der Waals surface area (Å²) in [6, 6.07) is 6.01. The standard InChI is InChI=1S/C15H18N4/c1-11-8-14(13-3-6-16-7-4-13)19-15(18-11)9-12-2-5-17-10-12/h3-4,6-8,12,17H,2,5,9-10H2,1H3. The Bertz CT molecular complexity index is 547. The van der Waals surface area contributed by atoms with Crippen molar-refractivity contribution in [3.8, 4) is 11.3 Å². The van der Waals surface area contributed by atoms with E-state index in [0.717, 1.165) is 42.3 Å². The van der Waals surface area contributed by atoms with E-state index < -0.39 is 0 Å². The molecule has 2 aromatic rings. The van der Waals surface area contributed by atoms with Gasteiger partial charge in [0.15, 0.2) is 0 Å². The van der Waals surface area contributed by atoms with E-state index in [0.29, 0.717) is 5.92 Å². The minimum atomic E-state index is 0.673. The van der Waals surface area contributed by atoms with Gasteiger partial charge in [-0.2, -0.15) is 0 Å². The zero-order valence-electron chi connectivity index (χ0n) is 11.1. The molecule has 4 nitrogen and oxygen atoms in total. The van der Waals surface area contributed by atoms with E-state index in [1.807, 2.05) is 25.1 Å². The third-order valence-corrected chi connectivity index (χ3v) is 3.51. The molecule has 1 atom stereocenters. The maximum Gasteiger partial charge on any atom is 0.129 e. The molecule has 2 aromatic heterocycles. The van der Waals surface area contributed by atoms with Crippen LogP contribution in [0.1, 0.15) is 17.9 Å². The molecule has 1 unspecified atom stereocenters. The van der Waals surface area contributed by atoms with E-state index in [1.165, 1.54) is 6.42 Å². The summed E-state index contributed by atoms with van der Waals surface area (Å²) in [6.45, 7) is 4.23. The van der Waals surface area contributed by atoms with Crippen LogP contribution in [-0.4, -0.2) is 28.0 Å². The molecule has 0 aliphatic carbocycles. The highest BCUT2D eigenvalue weighted by Crippen LogP contribution is 2.19. The Morgan fingerprint density at radius 3 is 2.84 bits per heavy atom. The highest BCUT2D eigenvalue weighted by Gasteiger charge is 2.17. The highest BCUT2D eigenvalue weighted by atomic mass is 14.9. The topological polar surface area (TPSA) is 50.7 Å². The molecule has 1 saturated heterocycles. The van der Waals surface area contributed by atoms with Crippen LogP contribution >= 0.6 is 0 Å². The Morgan fingerprint density at radius 1 is 1.26 bits per heavy atom. The SMILES string of the molecule is Cc1cc(-c2ccncc2)nc(CC2CCNC2)n1. The van der Waals surface area contributed by atoms with Gasteiger partial charge in [-0.15, -0.1) is 0 Å². The Hall–Kier alpha value is -1.81. The van der Waals surface area contributed by atoms with Crippen LogP contribution in [0.2, 0.25) is 0 Å². The van der Waals surface area contributed by atoms with Gasteiger partial charge in [-0.3, -0.25) is 4.98 Å². The molecule has 0 bridgehead atoms. The lowest BCUT2D eigenvalue weighted by molar-refractivity contribution is 0.561. The van der Waals surface area contributed by atoms with Gasteiger partial charge in [0.05, 0.1) is 5.69 Å². The number of nitrogens with one attached hydrogen (secondary N) is 1. The minimum absolute atomic E-state index is 0.673. The summed E-state index contributed by atoms with van der Waals surface area (Å²) < 4.78 is 0. The Labute approximate surface area is 113 Å². The Morgan fingerprint density at radius 2 is 2.11 bits per heavy atom. The van der Waals surface area contributed by atoms with Crippen LogP contribution in [0, 0.1) is 12.8 Å². The largest absolute Gasteiger partial charge is 0.316 e. The first-order valence-corrected chi connectivity index (χ1v) is 6.77. The Kier molecular flexibility index (Phi) is 3.51. The van der Waals surface area contributed by atoms with Gasteiger partial charge in [0.2, 0.25) is 0 Å². The van der Waals surface area contributed by atoms with Crippen molar-refractivity contribution in [2.75, 3.05) is 13.1 Å². The molecule has 19 heavy (non-hydrogen) atoms. The number of rotatable bonds is 3. The third kappa shape index (κ3) is 2.96. The van der Waals surface area contributed by atoms with E-state index in [-0.39, 0.29) is 0 Å². The monoisotopic (exact) mass is 254 g/mol. The molecule has 3 rings (SSSR count). The summed E-state index contributed by atoms with van der Waals surface area (Å²) in [4.78, 5) is 13.3. The highest BCUT2D eigenvalue weighted by molar-refractivity contribution is 5.58. The molecule has 4 heteroatoms. The molecule has 0 amide bonds. The zero-order chi connectivity index (χ0) is 13.1. The van der Waals surface area contributed by atoms with Crippen molar-refractivity contribution in [2.24, 2.45) is 5.92 Å². The van der Waals surface area contributed by atoms with Crippen LogP contribution < -0.4 is 5.32 Å². The number of hydrogen-bond donors (Lipinski definition) is 1. The second kappa shape index (κ2) is 5.45. The van der Waals surface area contributed by atoms with Gasteiger partial charge in [0.1, 0.15) is 5.82 Å². The first-order valence-electron chi connectivity index (χ1n) is 6.77. The quantitative estimate of drug-likeness (QED) is 0.910. The second-order valence-corrected chi connectivity index (χ2v) is 5.11. The molecular formula is C15H18N4. The van der Waals surface area contributed by atoms with E-state index in [4.69, 9.17) is 4.98 Å². The van der Waals surface area contributed by atoms with Crippen LogP contribution in [0.15, 0.2) is 30.6 Å². The molecule has 0 saturated carbocycles. The van der Waals surface area contributed by atoms with Gasteiger partial charge < -0.3 is 5.32 Å². The molecule has 0 aromatic carbocycles. The molecule has 98 valence electrons. The molecule has 1 N–H and O–H groups in total. The van der Waals surface area contributed by atoms with Crippen molar-refractivity contribution in [3.63, 3.8) is 0 Å². The van der Waals surface area contributed by atoms with E-state index in [1.54, 1.807) is 12.4 Å². The van der Waals surface area contributed by atoms with Crippen molar-refractivity contribution < 1.29 is 0 Å². The average molecular weight is 254 g/mol. The van der Waals surface area contributed by atoms with Gasteiger partial charge in [-0.25, -0.2) is 9.97 Å². The van der Waals surface area contributed by atoms with Gasteiger partial charge >= 0.3 is 0 Å². The maximum absolute atomic E-state index is 4.70. The van der Waals surface area contributed by atoms with Crippen molar-refractivity contribution in [1.29, 1.82) is 0 Å². The summed E-state index contributed by atoms with van der Waals surface area (Å²) in [5, 5.41) is 3.39. The predicted molar refractivity (Wildman–Crippen MR) is 74.7 cm³/mol. The van der Waals surface area contributed by atoms with Crippen LogP contribution in [0.3, 0.4) is 0 Å². The normalized spacial score (nSPS) is 18.7.